The van der Waals surface area contributed by atoms with Gasteiger partial charge in [-0.3, -0.25) is 9.59 Å². The van der Waals surface area contributed by atoms with Crippen LogP contribution in [0.4, 0.5) is 0 Å². The molecule has 1 aromatic heterocycles. The number of hydrazone groups is 1. The van der Waals surface area contributed by atoms with Crippen molar-refractivity contribution in [2.24, 2.45) is 11.0 Å². The first-order valence-electron chi connectivity index (χ1n) is 11.2. The molecule has 0 aliphatic heterocycles. The molecule has 190 valence electrons. The fourth-order valence-electron chi connectivity index (χ4n) is 3.24. The topological polar surface area (TPSA) is 92.9 Å². The highest BCUT2D eigenvalue weighted by Gasteiger charge is 2.25. The third-order valence-electron chi connectivity index (χ3n) is 5.03. The summed E-state index contributed by atoms with van der Waals surface area (Å²) in [6.07, 6.45) is 0.895. The highest BCUT2D eigenvalue weighted by atomic mass is 35.5. The number of halogens is 3. The number of benzene rings is 2. The van der Waals surface area contributed by atoms with Crippen LogP contribution in [-0.4, -0.2) is 30.2 Å². The van der Waals surface area contributed by atoms with Crippen molar-refractivity contribution in [3.05, 3.63) is 75.4 Å². The highest BCUT2D eigenvalue weighted by Crippen LogP contribution is 2.28. The van der Waals surface area contributed by atoms with Crippen LogP contribution in [0.2, 0.25) is 15.1 Å². The SMILES string of the molecule is CC(C)C[C@H](NC(=O)[C@H](C)Oc1ccc(Cl)cc1Cl)C(=O)N/N=C\c1ccc(-c2ccc(Cl)cc2)o1. The number of hydrogen-bond donors (Lipinski definition) is 2. The Morgan fingerprint density at radius 2 is 1.67 bits per heavy atom. The number of rotatable bonds is 10. The maximum Gasteiger partial charge on any atom is 0.262 e. The third kappa shape index (κ3) is 8.01. The van der Waals surface area contributed by atoms with Crippen molar-refractivity contribution in [3.8, 4) is 17.1 Å². The van der Waals surface area contributed by atoms with Gasteiger partial charge in [0.1, 0.15) is 23.3 Å². The zero-order chi connectivity index (χ0) is 26.2. The second-order valence-corrected chi connectivity index (χ2v) is 9.75. The van der Waals surface area contributed by atoms with Gasteiger partial charge in [-0.25, -0.2) is 5.43 Å². The Labute approximate surface area is 224 Å². The van der Waals surface area contributed by atoms with Crippen molar-refractivity contribution in [1.82, 2.24) is 10.7 Å². The van der Waals surface area contributed by atoms with E-state index in [0.29, 0.717) is 33.7 Å². The minimum absolute atomic E-state index is 0.138. The number of hydrogen-bond acceptors (Lipinski definition) is 5. The van der Waals surface area contributed by atoms with Crippen LogP contribution in [-0.2, 0) is 9.59 Å². The van der Waals surface area contributed by atoms with Gasteiger partial charge in [-0.05, 0) is 73.9 Å². The average molecular weight is 551 g/mol. The monoisotopic (exact) mass is 549 g/mol. The van der Waals surface area contributed by atoms with Crippen LogP contribution >= 0.6 is 34.8 Å². The van der Waals surface area contributed by atoms with Crippen LogP contribution in [0.15, 0.2) is 64.1 Å². The molecule has 0 saturated carbocycles. The quantitative estimate of drug-likeness (QED) is 0.227. The Kier molecular flexibility index (Phi) is 9.81. The Morgan fingerprint density at radius 3 is 2.33 bits per heavy atom. The van der Waals surface area contributed by atoms with E-state index in [0.717, 1.165) is 5.56 Å². The summed E-state index contributed by atoms with van der Waals surface area (Å²) in [5, 5.41) is 8.07. The van der Waals surface area contributed by atoms with Crippen molar-refractivity contribution in [2.75, 3.05) is 0 Å². The molecule has 0 radical (unpaired) electrons. The molecule has 2 atom stereocenters. The second-order valence-electron chi connectivity index (χ2n) is 8.47. The van der Waals surface area contributed by atoms with Gasteiger partial charge in [-0.15, -0.1) is 0 Å². The van der Waals surface area contributed by atoms with E-state index in [1.54, 1.807) is 43.3 Å². The van der Waals surface area contributed by atoms with Gasteiger partial charge in [0.15, 0.2) is 6.10 Å². The predicted octanol–water partition coefficient (Wildman–Crippen LogP) is 6.36. The van der Waals surface area contributed by atoms with E-state index in [1.165, 1.54) is 12.3 Å². The first-order valence-corrected chi connectivity index (χ1v) is 12.4. The average Bonchev–Trinajstić information content (AvgIpc) is 3.29. The summed E-state index contributed by atoms with van der Waals surface area (Å²) in [4.78, 5) is 25.5. The van der Waals surface area contributed by atoms with E-state index in [4.69, 9.17) is 44.0 Å². The molecule has 7 nitrogen and oxygen atoms in total. The summed E-state index contributed by atoms with van der Waals surface area (Å²) >= 11 is 17.9. The van der Waals surface area contributed by atoms with E-state index in [9.17, 15) is 9.59 Å². The number of nitrogens with zero attached hydrogens (tertiary/aromatic N) is 1. The van der Waals surface area contributed by atoms with Gasteiger partial charge in [-0.1, -0.05) is 48.7 Å². The van der Waals surface area contributed by atoms with Crippen molar-refractivity contribution < 1.29 is 18.7 Å². The number of amides is 2. The molecule has 36 heavy (non-hydrogen) atoms. The lowest BCUT2D eigenvalue weighted by Crippen LogP contribution is -2.49. The zero-order valence-electron chi connectivity index (χ0n) is 19.9. The molecular formula is C26H26Cl3N3O4. The van der Waals surface area contributed by atoms with E-state index in [1.807, 2.05) is 26.0 Å². The molecule has 0 aliphatic carbocycles. The Morgan fingerprint density at radius 1 is 0.972 bits per heavy atom. The van der Waals surface area contributed by atoms with Crippen molar-refractivity contribution in [1.29, 1.82) is 0 Å². The van der Waals surface area contributed by atoms with Crippen LogP contribution in [0.25, 0.3) is 11.3 Å². The van der Waals surface area contributed by atoms with E-state index in [-0.39, 0.29) is 10.9 Å². The number of carbonyl (C=O) groups excluding carboxylic acids is 2. The molecule has 0 bridgehead atoms. The summed E-state index contributed by atoms with van der Waals surface area (Å²) in [5.41, 5.74) is 3.32. The maximum atomic E-state index is 12.8. The van der Waals surface area contributed by atoms with Gasteiger partial charge in [0.05, 0.1) is 11.2 Å². The van der Waals surface area contributed by atoms with Crippen LogP contribution in [0.1, 0.15) is 33.0 Å². The molecule has 0 aliphatic rings. The normalized spacial score (nSPS) is 13.0. The Bertz CT molecular complexity index is 1230. The van der Waals surface area contributed by atoms with Crippen LogP contribution in [0, 0.1) is 5.92 Å². The third-order valence-corrected chi connectivity index (χ3v) is 5.81. The fourth-order valence-corrected chi connectivity index (χ4v) is 3.81. The standard InChI is InChI=1S/C26H26Cl3N3O4/c1-15(2)12-22(31-25(33)16(3)35-24-10-8-19(28)13-21(24)29)26(34)32-30-14-20-9-11-23(36-20)17-4-6-18(27)7-5-17/h4-11,13-16,22H,12H2,1-3H3,(H,31,33)(H,32,34)/b30-14-/t16-,22-/m0/s1. The fraction of sp³-hybridized carbons (Fsp3) is 0.269. The van der Waals surface area contributed by atoms with E-state index >= 15 is 0 Å². The van der Waals surface area contributed by atoms with Crippen molar-refractivity contribution in [2.45, 2.75) is 39.3 Å². The van der Waals surface area contributed by atoms with E-state index < -0.39 is 24.0 Å². The first kappa shape index (κ1) is 27.6. The molecule has 10 heteroatoms. The predicted molar refractivity (Wildman–Crippen MR) is 143 cm³/mol. The van der Waals surface area contributed by atoms with Gasteiger partial charge < -0.3 is 14.5 Å². The minimum atomic E-state index is -0.899. The summed E-state index contributed by atoms with van der Waals surface area (Å²) in [6, 6.07) is 14.6. The molecule has 2 N–H and O–H groups in total. The molecule has 3 rings (SSSR count). The first-order chi connectivity index (χ1) is 17.1. The van der Waals surface area contributed by atoms with Gasteiger partial charge in [0.2, 0.25) is 0 Å². The number of ether oxygens (including phenoxy) is 1. The van der Waals surface area contributed by atoms with Gasteiger partial charge in [0, 0.05) is 15.6 Å². The van der Waals surface area contributed by atoms with Crippen LogP contribution in [0.5, 0.6) is 5.75 Å². The summed E-state index contributed by atoms with van der Waals surface area (Å²) in [7, 11) is 0. The maximum absolute atomic E-state index is 12.8. The highest BCUT2D eigenvalue weighted by molar-refractivity contribution is 6.35. The molecule has 0 saturated heterocycles. The number of carbonyl (C=O) groups is 2. The van der Waals surface area contributed by atoms with Crippen molar-refractivity contribution >= 4 is 52.8 Å². The lowest BCUT2D eigenvalue weighted by atomic mass is 10.0. The van der Waals surface area contributed by atoms with E-state index in [2.05, 4.69) is 15.8 Å². The largest absolute Gasteiger partial charge is 0.479 e. The van der Waals surface area contributed by atoms with Crippen molar-refractivity contribution in [3.63, 3.8) is 0 Å². The molecular weight excluding hydrogens is 525 g/mol. The molecule has 0 fully saturated rings. The molecule has 1 heterocycles. The number of nitrogens with one attached hydrogen (secondary N) is 2. The zero-order valence-corrected chi connectivity index (χ0v) is 22.2. The Hall–Kier alpha value is -3.00. The van der Waals surface area contributed by atoms with Gasteiger partial charge >= 0.3 is 0 Å². The number of furan rings is 1. The minimum Gasteiger partial charge on any atom is -0.479 e. The summed E-state index contributed by atoms with van der Waals surface area (Å²) < 4.78 is 11.4. The lowest BCUT2D eigenvalue weighted by molar-refractivity contribution is -0.132. The molecule has 3 aromatic rings. The van der Waals surface area contributed by atoms with Gasteiger partial charge in [-0.2, -0.15) is 5.10 Å². The summed E-state index contributed by atoms with van der Waals surface area (Å²) in [5.74, 6) is 0.609. The van der Waals surface area contributed by atoms with Crippen LogP contribution in [0.3, 0.4) is 0 Å². The molecule has 0 spiro atoms. The molecule has 2 aromatic carbocycles. The molecule has 2 amide bonds. The smallest absolute Gasteiger partial charge is 0.262 e. The van der Waals surface area contributed by atoms with Crippen LogP contribution < -0.4 is 15.5 Å². The second kappa shape index (κ2) is 12.8. The summed E-state index contributed by atoms with van der Waals surface area (Å²) in [6.45, 7) is 5.46. The lowest BCUT2D eigenvalue weighted by Gasteiger charge is -2.22. The van der Waals surface area contributed by atoms with Gasteiger partial charge in [0.25, 0.3) is 11.8 Å². The Balaban J connectivity index is 1.59. The molecule has 0 unspecified atom stereocenters.